The predicted octanol–water partition coefficient (Wildman–Crippen LogP) is 1.88. The summed E-state index contributed by atoms with van der Waals surface area (Å²) in [5.74, 6) is -0.209. The monoisotopic (exact) mass is 318 g/mol. The van der Waals surface area contributed by atoms with Gasteiger partial charge in [0.05, 0.1) is 11.0 Å². The Balaban J connectivity index is 2.58. The highest BCUT2D eigenvalue weighted by Gasteiger charge is 2.30. The molecule has 1 atom stereocenters. The maximum atomic E-state index is 11.9. The summed E-state index contributed by atoms with van der Waals surface area (Å²) in [4.78, 5) is 36.1. The van der Waals surface area contributed by atoms with Crippen LogP contribution in [0.3, 0.4) is 0 Å². The first kappa shape index (κ1) is 16.5. The molecule has 23 heavy (non-hydrogen) atoms. The van der Waals surface area contributed by atoms with Gasteiger partial charge in [-0.2, -0.15) is 0 Å². The number of amides is 2. The molecule has 0 spiro atoms. The number of ketones is 1. The molecule has 0 aliphatic carbocycles. The van der Waals surface area contributed by atoms with Crippen molar-refractivity contribution in [3.63, 3.8) is 0 Å². The third-order valence-electron chi connectivity index (χ3n) is 3.66. The van der Waals surface area contributed by atoms with Crippen LogP contribution in [0.4, 0.5) is 16.2 Å². The van der Waals surface area contributed by atoms with Crippen molar-refractivity contribution in [2.75, 3.05) is 19.0 Å². The largest absolute Gasteiger partial charge is 0.372 e. The zero-order chi connectivity index (χ0) is 17.3. The van der Waals surface area contributed by atoms with Crippen LogP contribution in [0, 0.1) is 10.1 Å². The van der Waals surface area contributed by atoms with Crippen LogP contribution in [0.2, 0.25) is 0 Å². The molecule has 0 fully saturated rings. The number of nitro benzene ring substituents is 1. The fourth-order valence-electron chi connectivity index (χ4n) is 2.66. The van der Waals surface area contributed by atoms with Gasteiger partial charge in [0, 0.05) is 31.4 Å². The van der Waals surface area contributed by atoms with Crippen LogP contribution in [-0.4, -0.2) is 30.8 Å². The lowest BCUT2D eigenvalue weighted by Crippen LogP contribution is -2.44. The second kappa shape index (κ2) is 6.07. The second-order valence-corrected chi connectivity index (χ2v) is 5.53. The van der Waals surface area contributed by atoms with E-state index in [-0.39, 0.29) is 11.5 Å². The number of allylic oxidation sites excluding steroid dienone is 1. The SMILES string of the molecule is CC(=O)C1=C(C)NC(=O)NC1c1ccc(N(C)C)c([N+](=O)[O-])c1. The van der Waals surface area contributed by atoms with Gasteiger partial charge < -0.3 is 15.5 Å². The molecule has 2 amide bonds. The van der Waals surface area contributed by atoms with Gasteiger partial charge >= 0.3 is 6.03 Å². The molecule has 1 aliphatic heterocycles. The number of benzene rings is 1. The molecule has 0 saturated heterocycles. The van der Waals surface area contributed by atoms with Crippen LogP contribution in [-0.2, 0) is 4.79 Å². The molecule has 0 aromatic heterocycles. The zero-order valence-corrected chi connectivity index (χ0v) is 13.3. The third-order valence-corrected chi connectivity index (χ3v) is 3.66. The first-order chi connectivity index (χ1) is 10.7. The topological polar surface area (TPSA) is 105 Å². The Morgan fingerprint density at radius 3 is 2.52 bits per heavy atom. The molecule has 8 heteroatoms. The number of rotatable bonds is 4. The molecule has 0 bridgehead atoms. The minimum Gasteiger partial charge on any atom is -0.372 e. The van der Waals surface area contributed by atoms with Crippen molar-refractivity contribution in [1.29, 1.82) is 0 Å². The van der Waals surface area contributed by atoms with E-state index in [1.54, 1.807) is 38.1 Å². The van der Waals surface area contributed by atoms with Crippen LogP contribution in [0.25, 0.3) is 0 Å². The Bertz CT molecular complexity index is 724. The lowest BCUT2D eigenvalue weighted by molar-refractivity contribution is -0.384. The second-order valence-electron chi connectivity index (χ2n) is 5.53. The third kappa shape index (κ3) is 3.15. The molecule has 122 valence electrons. The Morgan fingerprint density at radius 2 is 2.00 bits per heavy atom. The molecule has 8 nitrogen and oxygen atoms in total. The maximum Gasteiger partial charge on any atom is 0.319 e. The van der Waals surface area contributed by atoms with E-state index in [2.05, 4.69) is 10.6 Å². The number of hydrogen-bond donors (Lipinski definition) is 2. The Labute approximate surface area is 133 Å². The van der Waals surface area contributed by atoms with Gasteiger partial charge in [0.1, 0.15) is 5.69 Å². The summed E-state index contributed by atoms with van der Waals surface area (Å²) >= 11 is 0. The van der Waals surface area contributed by atoms with Crippen LogP contribution >= 0.6 is 0 Å². The van der Waals surface area contributed by atoms with Crippen LogP contribution < -0.4 is 15.5 Å². The molecule has 1 aromatic carbocycles. The van der Waals surface area contributed by atoms with Crippen LogP contribution in [0.1, 0.15) is 25.5 Å². The number of nitrogens with zero attached hydrogens (tertiary/aromatic N) is 2. The van der Waals surface area contributed by atoms with Gasteiger partial charge in [-0.3, -0.25) is 14.9 Å². The van der Waals surface area contributed by atoms with Crippen molar-refractivity contribution in [2.24, 2.45) is 0 Å². The molecule has 2 rings (SSSR count). The number of carbonyl (C=O) groups is 2. The first-order valence-electron chi connectivity index (χ1n) is 6.97. The molecule has 1 heterocycles. The molecular weight excluding hydrogens is 300 g/mol. The lowest BCUT2D eigenvalue weighted by Gasteiger charge is -2.28. The molecule has 1 aliphatic rings. The maximum absolute atomic E-state index is 11.9. The van der Waals surface area contributed by atoms with Crippen molar-refractivity contribution < 1.29 is 14.5 Å². The van der Waals surface area contributed by atoms with Crippen LogP contribution in [0.5, 0.6) is 0 Å². The van der Waals surface area contributed by atoms with Gasteiger partial charge in [-0.05, 0) is 25.5 Å². The summed E-state index contributed by atoms with van der Waals surface area (Å²) in [5.41, 5.74) is 1.69. The molecule has 1 aromatic rings. The summed E-state index contributed by atoms with van der Waals surface area (Å²) < 4.78 is 0. The van der Waals surface area contributed by atoms with E-state index < -0.39 is 17.0 Å². The van der Waals surface area contributed by atoms with Gasteiger partial charge in [0.25, 0.3) is 5.69 Å². The van der Waals surface area contributed by atoms with Crippen molar-refractivity contribution in [1.82, 2.24) is 10.6 Å². The van der Waals surface area contributed by atoms with Crippen LogP contribution in [0.15, 0.2) is 29.5 Å². The van der Waals surface area contributed by atoms with Gasteiger partial charge in [0.2, 0.25) is 0 Å². The van der Waals surface area contributed by atoms with E-state index in [4.69, 9.17) is 0 Å². The average Bonchev–Trinajstić information content (AvgIpc) is 2.44. The number of Topliss-reactive ketones (excluding diaryl/α,β-unsaturated/α-hetero) is 1. The van der Waals surface area contributed by atoms with E-state index in [0.717, 1.165) is 0 Å². The van der Waals surface area contributed by atoms with E-state index in [1.807, 2.05) is 0 Å². The molecule has 2 N–H and O–H groups in total. The molecule has 0 saturated carbocycles. The smallest absolute Gasteiger partial charge is 0.319 e. The summed E-state index contributed by atoms with van der Waals surface area (Å²) in [6.07, 6.45) is 0. The Hall–Kier alpha value is -2.90. The number of nitro groups is 1. The van der Waals surface area contributed by atoms with Gasteiger partial charge in [0.15, 0.2) is 5.78 Å². The molecule has 0 radical (unpaired) electrons. The van der Waals surface area contributed by atoms with E-state index in [0.29, 0.717) is 22.5 Å². The number of carbonyl (C=O) groups excluding carboxylic acids is 2. The Morgan fingerprint density at radius 1 is 1.35 bits per heavy atom. The normalized spacial score (nSPS) is 17.4. The molecule has 1 unspecified atom stereocenters. The van der Waals surface area contributed by atoms with Gasteiger partial charge in [-0.15, -0.1) is 0 Å². The van der Waals surface area contributed by atoms with Gasteiger partial charge in [-0.1, -0.05) is 6.07 Å². The molecular formula is C15H18N4O4. The van der Waals surface area contributed by atoms with Crippen molar-refractivity contribution in [3.8, 4) is 0 Å². The van der Waals surface area contributed by atoms with E-state index in [1.165, 1.54) is 13.0 Å². The highest BCUT2D eigenvalue weighted by molar-refractivity contribution is 5.98. The minimum atomic E-state index is -0.712. The number of urea groups is 1. The highest BCUT2D eigenvalue weighted by Crippen LogP contribution is 2.34. The number of nitrogens with one attached hydrogen (secondary N) is 2. The summed E-state index contributed by atoms with van der Waals surface area (Å²) in [6, 6.07) is 3.51. The van der Waals surface area contributed by atoms with Gasteiger partial charge in [-0.25, -0.2) is 4.79 Å². The zero-order valence-electron chi connectivity index (χ0n) is 13.3. The average molecular weight is 318 g/mol. The quantitative estimate of drug-likeness (QED) is 0.651. The fourth-order valence-corrected chi connectivity index (χ4v) is 2.66. The number of anilines is 1. The van der Waals surface area contributed by atoms with E-state index in [9.17, 15) is 19.7 Å². The summed E-state index contributed by atoms with van der Waals surface area (Å²) in [7, 11) is 3.42. The highest BCUT2D eigenvalue weighted by atomic mass is 16.6. The standard InChI is InChI=1S/C15H18N4O4/c1-8-13(9(2)20)14(17-15(21)16-8)10-5-6-11(18(3)4)12(7-10)19(22)23/h5-7,14H,1-4H3,(H2,16,17,21). The first-order valence-corrected chi connectivity index (χ1v) is 6.97. The Kier molecular flexibility index (Phi) is 4.35. The van der Waals surface area contributed by atoms with Crippen molar-refractivity contribution >= 4 is 23.2 Å². The fraction of sp³-hybridized carbons (Fsp3) is 0.333. The van der Waals surface area contributed by atoms with Crippen molar-refractivity contribution in [3.05, 3.63) is 45.1 Å². The number of hydrogen-bond acceptors (Lipinski definition) is 5. The summed E-state index contributed by atoms with van der Waals surface area (Å²) in [5, 5.41) is 16.5. The minimum absolute atomic E-state index is 0.0826. The lowest BCUT2D eigenvalue weighted by atomic mass is 9.92. The van der Waals surface area contributed by atoms with E-state index >= 15 is 0 Å². The predicted molar refractivity (Wildman–Crippen MR) is 85.2 cm³/mol. The summed E-state index contributed by atoms with van der Waals surface area (Å²) in [6.45, 7) is 3.03. The van der Waals surface area contributed by atoms with Crippen molar-refractivity contribution in [2.45, 2.75) is 19.9 Å².